The van der Waals surface area contributed by atoms with Crippen LogP contribution < -0.4 is 5.73 Å². The van der Waals surface area contributed by atoms with Crippen molar-refractivity contribution in [2.24, 2.45) is 5.73 Å². The van der Waals surface area contributed by atoms with Crippen molar-refractivity contribution in [2.75, 3.05) is 0 Å². The molecule has 20 heavy (non-hydrogen) atoms. The van der Waals surface area contributed by atoms with Crippen molar-refractivity contribution in [3.05, 3.63) is 52.1 Å². The zero-order chi connectivity index (χ0) is 14.1. The highest BCUT2D eigenvalue weighted by molar-refractivity contribution is 7.10. The number of rotatable bonds is 2. The summed E-state index contributed by atoms with van der Waals surface area (Å²) in [6, 6.07) is 8.46. The number of fused-ring (bicyclic) bond motifs is 1. The van der Waals surface area contributed by atoms with Crippen molar-refractivity contribution in [2.45, 2.75) is 0 Å². The monoisotopic (exact) mass is 286 g/mol. The van der Waals surface area contributed by atoms with Crippen LogP contribution in [0.3, 0.4) is 0 Å². The van der Waals surface area contributed by atoms with E-state index < -0.39 is 11.8 Å². The van der Waals surface area contributed by atoms with Crippen LogP contribution in [0.25, 0.3) is 23.1 Å². The van der Waals surface area contributed by atoms with Gasteiger partial charge in [-0.05, 0) is 41.8 Å². The van der Waals surface area contributed by atoms with Gasteiger partial charge in [0, 0.05) is 10.3 Å². The molecule has 0 aliphatic rings. The van der Waals surface area contributed by atoms with Gasteiger partial charge in [-0.3, -0.25) is 0 Å². The number of carbonyl (C=O) groups is 1. The Hall–Kier alpha value is -2.47. The molecular formula is C14H9FN3OS. The van der Waals surface area contributed by atoms with Gasteiger partial charge in [-0.25, -0.2) is 9.18 Å². The standard InChI is InChI=1S/C14H9FN3OS/c15-11-5-1-4-10-12(7-6-9-3-2-8-20-9)17-18(13(10)11)14(16)19/h2-8H,(H2,16,19)/b7-6+. The average molecular weight is 286 g/mol. The van der Waals surface area contributed by atoms with Gasteiger partial charge in [-0.15, -0.1) is 11.3 Å². The highest BCUT2D eigenvalue weighted by atomic mass is 32.1. The number of carbonyl (C=O) groups excluding carboxylic acids is 1. The summed E-state index contributed by atoms with van der Waals surface area (Å²) in [7, 11) is 0. The van der Waals surface area contributed by atoms with Gasteiger partial charge in [0.2, 0.25) is 0 Å². The van der Waals surface area contributed by atoms with Crippen LogP contribution >= 0.6 is 11.3 Å². The Morgan fingerprint density at radius 2 is 2.30 bits per heavy atom. The smallest absolute Gasteiger partial charge is 0.340 e. The van der Waals surface area contributed by atoms with E-state index in [1.165, 1.54) is 0 Å². The fourth-order valence-electron chi connectivity index (χ4n) is 1.92. The summed E-state index contributed by atoms with van der Waals surface area (Å²) in [6.07, 6.45) is 3.57. The van der Waals surface area contributed by atoms with Gasteiger partial charge in [-0.2, -0.15) is 9.78 Å². The summed E-state index contributed by atoms with van der Waals surface area (Å²) in [5, 5.41) is 6.50. The van der Waals surface area contributed by atoms with Gasteiger partial charge in [0.05, 0.1) is 5.69 Å². The van der Waals surface area contributed by atoms with E-state index in [2.05, 4.69) is 11.2 Å². The van der Waals surface area contributed by atoms with Gasteiger partial charge in [0.15, 0.2) is 0 Å². The van der Waals surface area contributed by atoms with E-state index in [1.807, 2.05) is 23.6 Å². The summed E-state index contributed by atoms with van der Waals surface area (Å²) < 4.78 is 14.7. The third-order valence-electron chi connectivity index (χ3n) is 2.77. The van der Waals surface area contributed by atoms with Crippen molar-refractivity contribution in [3.63, 3.8) is 0 Å². The molecule has 0 saturated heterocycles. The van der Waals surface area contributed by atoms with Crippen LogP contribution in [-0.4, -0.2) is 15.8 Å². The van der Waals surface area contributed by atoms with E-state index >= 15 is 0 Å². The van der Waals surface area contributed by atoms with E-state index in [-0.39, 0.29) is 5.52 Å². The minimum Gasteiger partial charge on any atom is -0.350 e. The Bertz CT molecular complexity index is 805. The predicted octanol–water partition coefficient (Wildman–Crippen LogP) is 3.13. The molecule has 1 amide bonds. The lowest BCUT2D eigenvalue weighted by Crippen LogP contribution is -2.21. The quantitative estimate of drug-likeness (QED) is 0.786. The largest absolute Gasteiger partial charge is 0.350 e. The lowest BCUT2D eigenvalue weighted by atomic mass is 10.2. The Morgan fingerprint density at radius 1 is 1.45 bits per heavy atom. The minimum atomic E-state index is -0.823. The number of halogens is 1. The Balaban J connectivity index is 2.17. The molecule has 3 rings (SSSR count). The molecule has 2 heterocycles. The van der Waals surface area contributed by atoms with E-state index in [9.17, 15) is 9.18 Å². The average Bonchev–Trinajstić information content (AvgIpc) is 3.04. The molecule has 0 spiro atoms. The maximum atomic E-state index is 13.8. The molecular weight excluding hydrogens is 277 g/mol. The van der Waals surface area contributed by atoms with Crippen LogP contribution in [-0.2, 0) is 0 Å². The molecule has 3 aromatic rings. The first-order chi connectivity index (χ1) is 9.66. The molecule has 2 N–H and O–H groups in total. The predicted molar refractivity (Wildman–Crippen MR) is 76.8 cm³/mol. The van der Waals surface area contributed by atoms with Gasteiger partial charge < -0.3 is 5.73 Å². The number of aromatic nitrogens is 2. The zero-order valence-electron chi connectivity index (χ0n) is 10.2. The first-order valence-corrected chi connectivity index (χ1v) is 6.64. The SMILES string of the molecule is NC(=O)n1nc(/C=C/c2cccs2)c2c[c]cc(F)c21. The lowest BCUT2D eigenvalue weighted by Gasteiger charge is -1.96. The fourth-order valence-corrected chi connectivity index (χ4v) is 2.53. The number of hydrogen-bond donors (Lipinski definition) is 1. The van der Waals surface area contributed by atoms with Crippen molar-refractivity contribution in [1.29, 1.82) is 0 Å². The second kappa shape index (κ2) is 4.90. The highest BCUT2D eigenvalue weighted by Crippen LogP contribution is 2.23. The molecule has 99 valence electrons. The number of primary amides is 1. The summed E-state index contributed by atoms with van der Waals surface area (Å²) >= 11 is 1.57. The highest BCUT2D eigenvalue weighted by Gasteiger charge is 2.15. The number of nitrogens with zero attached hydrogens (tertiary/aromatic N) is 2. The Kier molecular flexibility index (Phi) is 3.08. The van der Waals surface area contributed by atoms with Crippen molar-refractivity contribution >= 4 is 40.4 Å². The van der Waals surface area contributed by atoms with E-state index in [1.54, 1.807) is 23.5 Å². The van der Waals surface area contributed by atoms with Crippen LogP contribution in [0.15, 0.2) is 29.6 Å². The molecule has 0 saturated carbocycles. The normalized spacial score (nSPS) is 11.4. The van der Waals surface area contributed by atoms with Gasteiger partial charge in [-0.1, -0.05) is 6.07 Å². The van der Waals surface area contributed by atoms with Gasteiger partial charge in [0.1, 0.15) is 11.3 Å². The summed E-state index contributed by atoms with van der Waals surface area (Å²) in [5.41, 5.74) is 5.76. The molecule has 0 aliphatic heterocycles. The molecule has 0 atom stereocenters. The number of nitrogens with two attached hydrogens (primary N) is 1. The van der Waals surface area contributed by atoms with Crippen LogP contribution in [0, 0.1) is 11.9 Å². The number of benzene rings is 1. The molecule has 6 heteroatoms. The fraction of sp³-hybridized carbons (Fsp3) is 0. The summed E-state index contributed by atoms with van der Waals surface area (Å²) in [4.78, 5) is 12.4. The third-order valence-corrected chi connectivity index (χ3v) is 3.61. The maximum Gasteiger partial charge on any atom is 0.340 e. The van der Waals surface area contributed by atoms with Gasteiger partial charge >= 0.3 is 6.03 Å². The van der Waals surface area contributed by atoms with Crippen LogP contribution in [0.1, 0.15) is 10.6 Å². The lowest BCUT2D eigenvalue weighted by molar-refractivity contribution is 0.248. The van der Waals surface area contributed by atoms with E-state index in [0.29, 0.717) is 11.1 Å². The van der Waals surface area contributed by atoms with E-state index in [0.717, 1.165) is 15.6 Å². The van der Waals surface area contributed by atoms with Crippen LogP contribution in [0.4, 0.5) is 9.18 Å². The molecule has 0 fully saturated rings. The molecule has 0 unspecified atom stereocenters. The van der Waals surface area contributed by atoms with Crippen molar-refractivity contribution in [3.8, 4) is 0 Å². The first-order valence-electron chi connectivity index (χ1n) is 5.76. The summed E-state index contributed by atoms with van der Waals surface area (Å²) in [5.74, 6) is -0.579. The molecule has 1 aromatic carbocycles. The first kappa shape index (κ1) is 12.6. The number of thiophene rings is 1. The second-order valence-corrected chi connectivity index (χ2v) is 5.03. The number of hydrogen-bond acceptors (Lipinski definition) is 3. The van der Waals surface area contributed by atoms with E-state index in [4.69, 9.17) is 5.73 Å². The summed E-state index contributed by atoms with van der Waals surface area (Å²) in [6.45, 7) is 0. The Morgan fingerprint density at radius 3 is 3.00 bits per heavy atom. The molecule has 1 radical (unpaired) electrons. The molecule has 0 aliphatic carbocycles. The Labute approximate surface area is 117 Å². The topological polar surface area (TPSA) is 60.9 Å². The maximum absolute atomic E-state index is 13.8. The van der Waals surface area contributed by atoms with Crippen molar-refractivity contribution < 1.29 is 9.18 Å². The molecule has 4 nitrogen and oxygen atoms in total. The third kappa shape index (κ3) is 2.10. The molecule has 2 aromatic heterocycles. The minimum absolute atomic E-state index is 0.0714. The number of amides is 1. The van der Waals surface area contributed by atoms with Crippen LogP contribution in [0.2, 0.25) is 0 Å². The van der Waals surface area contributed by atoms with Crippen molar-refractivity contribution in [1.82, 2.24) is 9.78 Å². The molecule has 0 bridgehead atoms. The zero-order valence-corrected chi connectivity index (χ0v) is 11.0. The van der Waals surface area contributed by atoms with Crippen LogP contribution in [0.5, 0.6) is 0 Å². The second-order valence-electron chi connectivity index (χ2n) is 4.05. The van der Waals surface area contributed by atoms with Gasteiger partial charge in [0.25, 0.3) is 0 Å².